The highest BCUT2D eigenvalue weighted by Crippen LogP contribution is 2.10. The zero-order chi connectivity index (χ0) is 17.8. The summed E-state index contributed by atoms with van der Waals surface area (Å²) in [4.78, 5) is 33.5. The molecule has 3 aromatic rings. The van der Waals surface area contributed by atoms with Crippen molar-refractivity contribution in [2.75, 3.05) is 0 Å². The third kappa shape index (κ3) is 3.85. The Kier molecular flexibility index (Phi) is 4.79. The van der Waals surface area contributed by atoms with E-state index in [-0.39, 0.29) is 24.1 Å². The van der Waals surface area contributed by atoms with Gasteiger partial charge in [-0.3, -0.25) is 9.59 Å². The van der Waals surface area contributed by atoms with E-state index in [1.165, 1.54) is 6.08 Å². The lowest BCUT2D eigenvalue weighted by molar-refractivity contribution is -0.128. The van der Waals surface area contributed by atoms with Crippen LogP contribution in [0.25, 0.3) is 17.0 Å². The Bertz CT molecular complexity index is 955. The van der Waals surface area contributed by atoms with Gasteiger partial charge in [0.1, 0.15) is 11.6 Å². The summed E-state index contributed by atoms with van der Waals surface area (Å²) >= 11 is 0. The Balaban J connectivity index is 1.84. The normalized spacial score (nSPS) is 11.5. The number of furan rings is 1. The summed E-state index contributed by atoms with van der Waals surface area (Å²) in [6.07, 6.45) is 4.63. The van der Waals surface area contributed by atoms with Gasteiger partial charge in [0, 0.05) is 12.1 Å². The molecule has 2 aromatic heterocycles. The molecule has 0 unspecified atom stereocenters. The molecule has 128 valence electrons. The highest BCUT2D eigenvalue weighted by Gasteiger charge is 2.17. The van der Waals surface area contributed by atoms with Crippen LogP contribution in [0.5, 0.6) is 0 Å². The number of para-hydroxylation sites is 1. The van der Waals surface area contributed by atoms with Crippen LogP contribution in [0.3, 0.4) is 0 Å². The van der Waals surface area contributed by atoms with Gasteiger partial charge in [-0.05, 0) is 44.2 Å². The fraction of sp³-hybridized carbons (Fsp3) is 0.211. The molecule has 0 atom stereocenters. The van der Waals surface area contributed by atoms with E-state index in [9.17, 15) is 9.59 Å². The zero-order valence-electron chi connectivity index (χ0n) is 14.1. The van der Waals surface area contributed by atoms with E-state index in [1.807, 2.05) is 19.9 Å². The Morgan fingerprint density at radius 3 is 2.80 bits per heavy atom. The van der Waals surface area contributed by atoms with Crippen molar-refractivity contribution in [2.45, 2.75) is 26.4 Å². The summed E-state index contributed by atoms with van der Waals surface area (Å²) in [6, 6.07) is 10.6. The number of aromatic nitrogens is 2. The van der Waals surface area contributed by atoms with Crippen molar-refractivity contribution in [3.63, 3.8) is 0 Å². The first-order valence-corrected chi connectivity index (χ1v) is 8.04. The molecule has 25 heavy (non-hydrogen) atoms. The van der Waals surface area contributed by atoms with Crippen LogP contribution in [0, 0.1) is 0 Å². The van der Waals surface area contributed by atoms with Gasteiger partial charge in [-0.1, -0.05) is 12.1 Å². The van der Waals surface area contributed by atoms with Crippen LogP contribution in [-0.2, 0) is 11.3 Å². The minimum absolute atomic E-state index is 0.0504. The summed E-state index contributed by atoms with van der Waals surface area (Å²) in [7, 11) is 0. The Labute approximate surface area is 144 Å². The zero-order valence-corrected chi connectivity index (χ0v) is 14.1. The van der Waals surface area contributed by atoms with E-state index in [0.717, 1.165) is 0 Å². The lowest BCUT2D eigenvalue weighted by atomic mass is 10.2. The first-order chi connectivity index (χ1) is 12.0. The molecular weight excluding hydrogens is 318 g/mol. The summed E-state index contributed by atoms with van der Waals surface area (Å²) in [6.45, 7) is 4.05. The average molecular weight is 337 g/mol. The average Bonchev–Trinajstić information content (AvgIpc) is 3.11. The molecule has 0 bridgehead atoms. The third-order valence-corrected chi connectivity index (χ3v) is 3.82. The molecule has 2 heterocycles. The highest BCUT2D eigenvalue weighted by molar-refractivity contribution is 5.91. The minimum Gasteiger partial charge on any atom is -0.465 e. The first kappa shape index (κ1) is 16.7. The Morgan fingerprint density at radius 2 is 2.08 bits per heavy atom. The molecule has 0 aliphatic carbocycles. The van der Waals surface area contributed by atoms with Crippen molar-refractivity contribution < 1.29 is 9.21 Å². The van der Waals surface area contributed by atoms with Crippen LogP contribution in [-0.4, -0.2) is 26.8 Å². The topological polar surface area (TPSA) is 79.2 Å². The predicted octanol–water partition coefficient (Wildman–Crippen LogP) is 2.97. The van der Waals surface area contributed by atoms with Crippen molar-refractivity contribution in [3.05, 3.63) is 70.7 Å². The van der Waals surface area contributed by atoms with Crippen molar-refractivity contribution in [3.8, 4) is 0 Å². The van der Waals surface area contributed by atoms with Gasteiger partial charge in [-0.25, -0.2) is 4.98 Å². The van der Waals surface area contributed by atoms with Gasteiger partial charge < -0.3 is 14.3 Å². The molecule has 1 amide bonds. The minimum atomic E-state index is -0.206. The Morgan fingerprint density at radius 1 is 1.28 bits per heavy atom. The smallest absolute Gasteiger partial charge is 0.258 e. The van der Waals surface area contributed by atoms with Gasteiger partial charge in [-0.2, -0.15) is 0 Å². The van der Waals surface area contributed by atoms with Crippen LogP contribution in [0.1, 0.15) is 25.4 Å². The molecule has 0 saturated heterocycles. The summed E-state index contributed by atoms with van der Waals surface area (Å²) in [5.41, 5.74) is 0.409. The molecule has 6 heteroatoms. The largest absolute Gasteiger partial charge is 0.465 e. The number of amides is 1. The second-order valence-corrected chi connectivity index (χ2v) is 5.94. The number of nitrogens with one attached hydrogen (secondary N) is 1. The standard InChI is InChI=1S/C19H19N3O3/c1-13(2)22(18(23)10-9-14-6-5-11-25-14)12-17-20-16-8-4-3-7-15(16)19(24)21-17/h3-11,13H,12H2,1-2H3,(H,20,21,24)/b10-9+. The number of benzene rings is 1. The molecule has 0 spiro atoms. The van der Waals surface area contributed by atoms with E-state index < -0.39 is 0 Å². The van der Waals surface area contributed by atoms with Crippen LogP contribution in [0.4, 0.5) is 0 Å². The second kappa shape index (κ2) is 7.17. The summed E-state index contributed by atoms with van der Waals surface area (Å²) < 4.78 is 5.19. The van der Waals surface area contributed by atoms with Gasteiger partial charge >= 0.3 is 0 Å². The number of carbonyl (C=O) groups excluding carboxylic acids is 1. The quantitative estimate of drug-likeness (QED) is 0.726. The maximum Gasteiger partial charge on any atom is 0.258 e. The fourth-order valence-electron chi connectivity index (χ4n) is 2.52. The fourth-order valence-corrected chi connectivity index (χ4v) is 2.52. The van der Waals surface area contributed by atoms with Gasteiger partial charge in [-0.15, -0.1) is 0 Å². The van der Waals surface area contributed by atoms with E-state index in [2.05, 4.69) is 9.97 Å². The number of aromatic amines is 1. The van der Waals surface area contributed by atoms with Gasteiger partial charge in [0.2, 0.25) is 5.91 Å². The number of carbonyl (C=O) groups is 1. The SMILES string of the molecule is CC(C)N(Cc1nc2ccccc2c(=O)[nH]1)C(=O)/C=C/c1ccco1. The number of hydrogen-bond acceptors (Lipinski definition) is 4. The van der Waals surface area contributed by atoms with Gasteiger partial charge in [0.05, 0.1) is 23.7 Å². The van der Waals surface area contributed by atoms with Crippen LogP contribution >= 0.6 is 0 Å². The third-order valence-electron chi connectivity index (χ3n) is 3.82. The maximum absolute atomic E-state index is 12.5. The highest BCUT2D eigenvalue weighted by atomic mass is 16.3. The van der Waals surface area contributed by atoms with E-state index in [1.54, 1.807) is 47.6 Å². The predicted molar refractivity (Wildman–Crippen MR) is 95.8 cm³/mol. The second-order valence-electron chi connectivity index (χ2n) is 5.94. The molecule has 0 aliphatic heterocycles. The molecule has 0 fully saturated rings. The number of nitrogens with zero attached hydrogens (tertiary/aromatic N) is 2. The van der Waals surface area contributed by atoms with E-state index in [0.29, 0.717) is 22.5 Å². The monoisotopic (exact) mass is 337 g/mol. The van der Waals surface area contributed by atoms with Crippen LogP contribution < -0.4 is 5.56 Å². The summed E-state index contributed by atoms with van der Waals surface area (Å²) in [5, 5.41) is 0.534. The van der Waals surface area contributed by atoms with Crippen molar-refractivity contribution in [1.29, 1.82) is 0 Å². The van der Waals surface area contributed by atoms with Crippen LogP contribution in [0.2, 0.25) is 0 Å². The lowest BCUT2D eigenvalue weighted by Gasteiger charge is -2.25. The Hall–Kier alpha value is -3.15. The molecule has 0 radical (unpaired) electrons. The number of H-pyrrole nitrogens is 1. The molecule has 6 nitrogen and oxygen atoms in total. The molecule has 0 saturated carbocycles. The van der Waals surface area contributed by atoms with Gasteiger partial charge in [0.15, 0.2) is 0 Å². The number of rotatable bonds is 5. The molecule has 3 rings (SSSR count). The maximum atomic E-state index is 12.5. The van der Waals surface area contributed by atoms with Gasteiger partial charge in [0.25, 0.3) is 5.56 Å². The van der Waals surface area contributed by atoms with Crippen molar-refractivity contribution in [1.82, 2.24) is 14.9 Å². The first-order valence-electron chi connectivity index (χ1n) is 8.04. The van der Waals surface area contributed by atoms with Crippen molar-refractivity contribution >= 4 is 22.9 Å². The molecule has 1 aromatic carbocycles. The molecule has 1 N–H and O–H groups in total. The molecular formula is C19H19N3O3. The number of hydrogen-bond donors (Lipinski definition) is 1. The summed E-state index contributed by atoms with van der Waals surface area (Å²) in [5.74, 6) is 0.883. The van der Waals surface area contributed by atoms with Crippen molar-refractivity contribution in [2.24, 2.45) is 0 Å². The van der Waals surface area contributed by atoms with E-state index >= 15 is 0 Å². The number of fused-ring (bicyclic) bond motifs is 1. The van der Waals surface area contributed by atoms with E-state index in [4.69, 9.17) is 4.42 Å². The van der Waals surface area contributed by atoms with Crippen LogP contribution in [0.15, 0.2) is 57.9 Å². The molecule has 0 aliphatic rings. The lowest BCUT2D eigenvalue weighted by Crippen LogP contribution is -2.36.